The summed E-state index contributed by atoms with van der Waals surface area (Å²) in [7, 11) is 0. The van der Waals surface area contributed by atoms with E-state index in [4.69, 9.17) is 5.84 Å². The Balaban J connectivity index is 2.09. The summed E-state index contributed by atoms with van der Waals surface area (Å²) in [5.74, 6) is 5.41. The van der Waals surface area contributed by atoms with Crippen LogP contribution < -0.4 is 11.3 Å². The molecule has 19 heavy (non-hydrogen) atoms. The third-order valence-electron chi connectivity index (χ3n) is 3.34. The van der Waals surface area contributed by atoms with Gasteiger partial charge in [0.1, 0.15) is 5.82 Å². The third kappa shape index (κ3) is 3.88. The van der Waals surface area contributed by atoms with Crippen LogP contribution >= 0.6 is 0 Å². The molecule has 3 heteroatoms. The Labute approximate surface area is 113 Å². The predicted octanol–water partition coefficient (Wildman–Crippen LogP) is 2.75. The fourth-order valence-corrected chi connectivity index (χ4v) is 2.21. The number of hydrogen-bond donors (Lipinski definition) is 2. The number of aryl methyl sites for hydroxylation is 1. The molecular weight excluding hydrogens is 239 g/mol. The van der Waals surface area contributed by atoms with E-state index in [1.165, 1.54) is 11.6 Å². The molecule has 0 aliphatic rings. The molecule has 2 aromatic carbocycles. The van der Waals surface area contributed by atoms with E-state index in [-0.39, 0.29) is 11.9 Å². The standard InChI is InChI=1S/C16H19FN2/c1-12-7-8-15(17)10-14(12)11-16(19-18)9-13-5-3-2-4-6-13/h2-8,10,16,19H,9,11,18H2,1H3. The SMILES string of the molecule is Cc1ccc(F)cc1CC(Cc1ccccc1)NN. The van der Waals surface area contributed by atoms with Gasteiger partial charge in [0.2, 0.25) is 0 Å². The van der Waals surface area contributed by atoms with Crippen molar-refractivity contribution in [1.29, 1.82) is 0 Å². The van der Waals surface area contributed by atoms with Crippen molar-refractivity contribution in [2.45, 2.75) is 25.8 Å². The first-order valence-corrected chi connectivity index (χ1v) is 6.44. The largest absolute Gasteiger partial charge is 0.271 e. The number of hydrogen-bond acceptors (Lipinski definition) is 2. The van der Waals surface area contributed by atoms with Gasteiger partial charge in [-0.3, -0.25) is 11.3 Å². The van der Waals surface area contributed by atoms with Gasteiger partial charge in [0.15, 0.2) is 0 Å². The van der Waals surface area contributed by atoms with Gasteiger partial charge >= 0.3 is 0 Å². The van der Waals surface area contributed by atoms with Gasteiger partial charge in [0, 0.05) is 6.04 Å². The lowest BCUT2D eigenvalue weighted by molar-refractivity contribution is 0.519. The molecule has 0 spiro atoms. The first-order valence-electron chi connectivity index (χ1n) is 6.44. The number of benzene rings is 2. The van der Waals surface area contributed by atoms with Crippen molar-refractivity contribution in [3.63, 3.8) is 0 Å². The summed E-state index contributed by atoms with van der Waals surface area (Å²) in [4.78, 5) is 0. The summed E-state index contributed by atoms with van der Waals surface area (Å²) >= 11 is 0. The van der Waals surface area contributed by atoms with Gasteiger partial charge in [0.25, 0.3) is 0 Å². The minimum atomic E-state index is -0.198. The molecule has 0 radical (unpaired) electrons. The highest BCUT2D eigenvalue weighted by Crippen LogP contribution is 2.14. The van der Waals surface area contributed by atoms with E-state index >= 15 is 0 Å². The number of nitrogens with one attached hydrogen (secondary N) is 1. The van der Waals surface area contributed by atoms with Crippen LogP contribution in [0.15, 0.2) is 48.5 Å². The zero-order chi connectivity index (χ0) is 13.7. The summed E-state index contributed by atoms with van der Waals surface area (Å²) in [6.07, 6.45) is 1.54. The van der Waals surface area contributed by atoms with Crippen LogP contribution in [0, 0.1) is 12.7 Å². The Bertz CT molecular complexity index is 526. The van der Waals surface area contributed by atoms with E-state index in [1.807, 2.05) is 25.1 Å². The molecule has 0 bridgehead atoms. The van der Waals surface area contributed by atoms with Gasteiger partial charge in [-0.2, -0.15) is 0 Å². The molecule has 0 amide bonds. The minimum absolute atomic E-state index is 0.0999. The lowest BCUT2D eigenvalue weighted by Gasteiger charge is -2.17. The van der Waals surface area contributed by atoms with Crippen molar-refractivity contribution >= 4 is 0 Å². The fraction of sp³-hybridized carbons (Fsp3) is 0.250. The van der Waals surface area contributed by atoms with E-state index < -0.39 is 0 Å². The normalized spacial score (nSPS) is 12.4. The highest BCUT2D eigenvalue weighted by molar-refractivity contribution is 5.28. The van der Waals surface area contributed by atoms with Gasteiger partial charge in [-0.25, -0.2) is 4.39 Å². The number of nitrogens with two attached hydrogens (primary N) is 1. The van der Waals surface area contributed by atoms with Crippen LogP contribution in [0.25, 0.3) is 0 Å². The third-order valence-corrected chi connectivity index (χ3v) is 3.34. The Kier molecular flexibility index (Phi) is 4.66. The molecule has 0 fully saturated rings. The fourth-order valence-electron chi connectivity index (χ4n) is 2.21. The maximum Gasteiger partial charge on any atom is 0.123 e. The second kappa shape index (κ2) is 6.45. The Hall–Kier alpha value is -1.71. The monoisotopic (exact) mass is 258 g/mol. The molecule has 2 rings (SSSR count). The van der Waals surface area contributed by atoms with Crippen molar-refractivity contribution in [1.82, 2.24) is 5.43 Å². The average molecular weight is 258 g/mol. The molecule has 100 valence electrons. The first kappa shape index (κ1) is 13.7. The van der Waals surface area contributed by atoms with Crippen LogP contribution in [0.3, 0.4) is 0 Å². The molecule has 0 aromatic heterocycles. The molecular formula is C16H19FN2. The van der Waals surface area contributed by atoms with Crippen molar-refractivity contribution in [3.8, 4) is 0 Å². The van der Waals surface area contributed by atoms with Crippen molar-refractivity contribution in [2.24, 2.45) is 5.84 Å². The van der Waals surface area contributed by atoms with Crippen LogP contribution in [0.5, 0.6) is 0 Å². The molecule has 3 N–H and O–H groups in total. The topological polar surface area (TPSA) is 38.0 Å². The van der Waals surface area contributed by atoms with Crippen LogP contribution in [-0.4, -0.2) is 6.04 Å². The van der Waals surface area contributed by atoms with Crippen LogP contribution in [-0.2, 0) is 12.8 Å². The summed E-state index contributed by atoms with van der Waals surface area (Å²) in [5, 5.41) is 0. The quantitative estimate of drug-likeness (QED) is 0.639. The zero-order valence-corrected chi connectivity index (χ0v) is 11.1. The van der Waals surface area contributed by atoms with E-state index in [9.17, 15) is 4.39 Å². The van der Waals surface area contributed by atoms with E-state index in [1.54, 1.807) is 12.1 Å². The Morgan fingerprint density at radius 3 is 2.53 bits per heavy atom. The predicted molar refractivity (Wildman–Crippen MR) is 76.1 cm³/mol. The summed E-state index contributed by atoms with van der Waals surface area (Å²) in [5.41, 5.74) is 6.14. The lowest BCUT2D eigenvalue weighted by Crippen LogP contribution is -2.38. The molecule has 0 heterocycles. The molecule has 0 aliphatic heterocycles. The van der Waals surface area contributed by atoms with Gasteiger partial charge in [0.05, 0.1) is 0 Å². The maximum absolute atomic E-state index is 13.3. The molecule has 0 aliphatic carbocycles. The summed E-state index contributed by atoms with van der Waals surface area (Å²) < 4.78 is 13.3. The van der Waals surface area contributed by atoms with Crippen molar-refractivity contribution in [2.75, 3.05) is 0 Å². The summed E-state index contributed by atoms with van der Waals surface area (Å²) in [6, 6.07) is 15.1. The van der Waals surface area contributed by atoms with E-state index in [2.05, 4.69) is 17.6 Å². The van der Waals surface area contributed by atoms with Crippen LogP contribution in [0.2, 0.25) is 0 Å². The first-order chi connectivity index (χ1) is 9.19. The number of hydrazine groups is 1. The van der Waals surface area contributed by atoms with Crippen LogP contribution in [0.1, 0.15) is 16.7 Å². The van der Waals surface area contributed by atoms with Crippen molar-refractivity contribution in [3.05, 3.63) is 71.0 Å². The van der Waals surface area contributed by atoms with Gasteiger partial charge in [-0.15, -0.1) is 0 Å². The minimum Gasteiger partial charge on any atom is -0.271 e. The smallest absolute Gasteiger partial charge is 0.123 e. The van der Waals surface area contributed by atoms with E-state index in [0.29, 0.717) is 0 Å². The van der Waals surface area contributed by atoms with Gasteiger partial charge in [-0.05, 0) is 48.6 Å². The summed E-state index contributed by atoms with van der Waals surface area (Å²) in [6.45, 7) is 1.99. The van der Waals surface area contributed by atoms with Crippen molar-refractivity contribution < 1.29 is 4.39 Å². The average Bonchev–Trinajstić information content (AvgIpc) is 2.43. The second-order valence-corrected chi connectivity index (χ2v) is 4.83. The second-order valence-electron chi connectivity index (χ2n) is 4.83. The van der Waals surface area contributed by atoms with E-state index in [0.717, 1.165) is 24.0 Å². The Morgan fingerprint density at radius 1 is 1.11 bits per heavy atom. The molecule has 1 atom stereocenters. The molecule has 2 nitrogen and oxygen atoms in total. The molecule has 2 aromatic rings. The lowest BCUT2D eigenvalue weighted by atomic mass is 9.97. The molecule has 0 saturated carbocycles. The maximum atomic E-state index is 13.3. The molecule has 1 unspecified atom stereocenters. The zero-order valence-electron chi connectivity index (χ0n) is 11.1. The highest BCUT2D eigenvalue weighted by atomic mass is 19.1. The van der Waals surface area contributed by atoms with Crippen LogP contribution in [0.4, 0.5) is 4.39 Å². The Morgan fingerprint density at radius 2 is 1.84 bits per heavy atom. The molecule has 0 saturated heterocycles. The highest BCUT2D eigenvalue weighted by Gasteiger charge is 2.11. The van der Waals surface area contributed by atoms with Gasteiger partial charge in [-0.1, -0.05) is 36.4 Å². The number of rotatable bonds is 5. The number of halogens is 1. The van der Waals surface area contributed by atoms with Gasteiger partial charge < -0.3 is 0 Å².